The van der Waals surface area contributed by atoms with Gasteiger partial charge in [0.25, 0.3) is 0 Å². The predicted octanol–water partition coefficient (Wildman–Crippen LogP) is 3.74. The molecule has 0 aromatic heterocycles. The minimum absolute atomic E-state index is 0.0604. The van der Waals surface area contributed by atoms with Gasteiger partial charge in [0, 0.05) is 13.1 Å². The van der Waals surface area contributed by atoms with E-state index < -0.39 is 6.10 Å². The van der Waals surface area contributed by atoms with Gasteiger partial charge in [-0.15, -0.1) is 0 Å². The molecule has 2 atom stereocenters. The highest BCUT2D eigenvalue weighted by Gasteiger charge is 2.33. The van der Waals surface area contributed by atoms with E-state index in [0.29, 0.717) is 13.1 Å². The highest BCUT2D eigenvalue weighted by Crippen LogP contribution is 2.41. The van der Waals surface area contributed by atoms with Gasteiger partial charge in [-0.1, -0.05) is 48.5 Å². The Morgan fingerprint density at radius 3 is 2.23 bits per heavy atom. The molecule has 3 N–H and O–H groups in total. The van der Waals surface area contributed by atoms with E-state index in [9.17, 15) is 15.3 Å². The Kier molecular flexibility index (Phi) is 4.37. The van der Waals surface area contributed by atoms with E-state index >= 15 is 0 Å². The van der Waals surface area contributed by atoms with Crippen molar-refractivity contribution in [1.82, 2.24) is 4.90 Å². The molecule has 0 spiro atoms. The van der Waals surface area contributed by atoms with Crippen LogP contribution in [0.25, 0.3) is 0 Å². The van der Waals surface area contributed by atoms with Crippen molar-refractivity contribution in [3.05, 3.63) is 95.1 Å². The molecule has 0 bridgehead atoms. The van der Waals surface area contributed by atoms with Gasteiger partial charge >= 0.3 is 0 Å². The average Bonchev–Trinajstić information content (AvgIpc) is 2.64. The first-order valence-electron chi connectivity index (χ1n) is 8.69. The zero-order chi connectivity index (χ0) is 18.1. The van der Waals surface area contributed by atoms with Gasteiger partial charge in [0.2, 0.25) is 0 Å². The molecule has 3 aromatic carbocycles. The molecule has 0 saturated carbocycles. The number of phenols is 2. The second kappa shape index (κ2) is 6.83. The molecule has 0 saturated heterocycles. The summed E-state index contributed by atoms with van der Waals surface area (Å²) in [6.45, 7) is 1.17. The number of β-amino-alcohol motifs (C(OH)–C–C–N with tert-alkyl or cyclic N) is 1. The summed E-state index contributed by atoms with van der Waals surface area (Å²) in [5, 5.41) is 30.1. The van der Waals surface area contributed by atoms with E-state index in [1.165, 1.54) is 5.56 Å². The molecule has 0 aliphatic carbocycles. The Morgan fingerprint density at radius 2 is 1.50 bits per heavy atom. The Balaban J connectivity index is 1.79. The number of nitrogens with zero attached hydrogens (tertiary/aromatic N) is 1. The van der Waals surface area contributed by atoms with Crippen LogP contribution in [-0.2, 0) is 6.54 Å². The molecule has 4 nitrogen and oxygen atoms in total. The number of hydrogen-bond donors (Lipinski definition) is 3. The molecule has 0 amide bonds. The van der Waals surface area contributed by atoms with Gasteiger partial charge in [0.1, 0.15) is 11.5 Å². The van der Waals surface area contributed by atoms with Crippen LogP contribution in [0.1, 0.15) is 34.4 Å². The zero-order valence-corrected chi connectivity index (χ0v) is 14.3. The molecule has 26 heavy (non-hydrogen) atoms. The second-order valence-electron chi connectivity index (χ2n) is 6.74. The first kappa shape index (κ1) is 16.6. The summed E-state index contributed by atoms with van der Waals surface area (Å²) in [7, 11) is 0. The lowest BCUT2D eigenvalue weighted by Gasteiger charge is -2.40. The monoisotopic (exact) mass is 347 g/mol. The highest BCUT2D eigenvalue weighted by molar-refractivity contribution is 5.45. The third-order valence-electron chi connectivity index (χ3n) is 4.93. The van der Waals surface area contributed by atoms with Crippen LogP contribution in [0, 0.1) is 0 Å². The standard InChI is InChI=1S/C22H21NO3/c24-17-8-6-16(7-9-17)22-19-11-10-18(25)12-20(19)21(26)14-23(22)13-15-4-2-1-3-5-15/h1-12,21-22,24-26H,13-14H2. The molecular formula is C22H21NO3. The molecule has 2 unspecified atom stereocenters. The largest absolute Gasteiger partial charge is 0.508 e. The normalized spacial score (nSPS) is 19.9. The van der Waals surface area contributed by atoms with E-state index in [4.69, 9.17) is 0 Å². The average molecular weight is 347 g/mol. The van der Waals surface area contributed by atoms with Crippen molar-refractivity contribution in [3.8, 4) is 11.5 Å². The van der Waals surface area contributed by atoms with E-state index in [1.807, 2.05) is 36.4 Å². The summed E-state index contributed by atoms with van der Waals surface area (Å²) in [5.74, 6) is 0.383. The van der Waals surface area contributed by atoms with Gasteiger partial charge in [-0.2, -0.15) is 0 Å². The van der Waals surface area contributed by atoms with Crippen molar-refractivity contribution < 1.29 is 15.3 Å². The molecule has 1 aliphatic rings. The third-order valence-corrected chi connectivity index (χ3v) is 4.93. The lowest BCUT2D eigenvalue weighted by atomic mass is 9.86. The number of aliphatic hydroxyl groups excluding tert-OH is 1. The number of phenolic OH excluding ortho intramolecular Hbond substituents is 2. The maximum absolute atomic E-state index is 10.7. The summed E-state index contributed by atoms with van der Waals surface area (Å²) >= 11 is 0. The van der Waals surface area contributed by atoms with E-state index in [2.05, 4.69) is 17.0 Å². The highest BCUT2D eigenvalue weighted by atomic mass is 16.3. The Labute approximate surface area is 152 Å². The van der Waals surface area contributed by atoms with Crippen LogP contribution in [0.3, 0.4) is 0 Å². The van der Waals surface area contributed by atoms with Gasteiger partial charge in [-0.05, 0) is 46.5 Å². The van der Waals surface area contributed by atoms with E-state index in [0.717, 1.165) is 16.7 Å². The van der Waals surface area contributed by atoms with Crippen LogP contribution in [0.4, 0.5) is 0 Å². The van der Waals surface area contributed by atoms with Gasteiger partial charge in [0.15, 0.2) is 0 Å². The number of aromatic hydroxyl groups is 2. The van der Waals surface area contributed by atoms with Crippen molar-refractivity contribution in [2.75, 3.05) is 6.54 Å². The SMILES string of the molecule is Oc1ccc(C2c3ccc(O)cc3C(O)CN2Cc2ccccc2)cc1. The summed E-state index contributed by atoms with van der Waals surface area (Å²) in [5.41, 5.74) is 3.94. The second-order valence-corrected chi connectivity index (χ2v) is 6.74. The van der Waals surface area contributed by atoms with Crippen molar-refractivity contribution >= 4 is 0 Å². The molecular weight excluding hydrogens is 326 g/mol. The summed E-state index contributed by atoms with van der Waals surface area (Å²) < 4.78 is 0. The molecule has 3 aromatic rings. The Hall–Kier alpha value is -2.82. The minimum Gasteiger partial charge on any atom is -0.508 e. The minimum atomic E-state index is -0.658. The van der Waals surface area contributed by atoms with E-state index in [1.54, 1.807) is 24.3 Å². The molecule has 1 aliphatic heterocycles. The maximum atomic E-state index is 10.7. The molecule has 4 rings (SSSR count). The smallest absolute Gasteiger partial charge is 0.115 e. The molecule has 132 valence electrons. The number of hydrogen-bond acceptors (Lipinski definition) is 4. The number of rotatable bonds is 3. The zero-order valence-electron chi connectivity index (χ0n) is 14.3. The van der Waals surface area contributed by atoms with Crippen LogP contribution in [0.15, 0.2) is 72.8 Å². The molecule has 0 radical (unpaired) electrons. The van der Waals surface area contributed by atoms with Crippen LogP contribution >= 0.6 is 0 Å². The van der Waals surface area contributed by atoms with Gasteiger partial charge in [0.05, 0.1) is 12.1 Å². The molecule has 4 heteroatoms. The Bertz CT molecular complexity index is 893. The fraction of sp³-hybridized carbons (Fsp3) is 0.182. The topological polar surface area (TPSA) is 63.9 Å². The van der Waals surface area contributed by atoms with Gasteiger partial charge in [-0.3, -0.25) is 4.90 Å². The lowest BCUT2D eigenvalue weighted by molar-refractivity contribution is 0.0726. The lowest BCUT2D eigenvalue weighted by Crippen LogP contribution is -2.38. The van der Waals surface area contributed by atoms with Crippen LogP contribution in [-0.4, -0.2) is 26.8 Å². The summed E-state index contributed by atoms with van der Waals surface area (Å²) in [6.07, 6.45) is -0.658. The quantitative estimate of drug-likeness (QED) is 0.675. The van der Waals surface area contributed by atoms with Gasteiger partial charge < -0.3 is 15.3 Å². The fourth-order valence-electron chi connectivity index (χ4n) is 3.74. The first-order chi connectivity index (χ1) is 12.6. The van der Waals surface area contributed by atoms with Crippen LogP contribution in [0.5, 0.6) is 11.5 Å². The van der Waals surface area contributed by atoms with Crippen molar-refractivity contribution in [3.63, 3.8) is 0 Å². The maximum Gasteiger partial charge on any atom is 0.115 e. The summed E-state index contributed by atoms with van der Waals surface area (Å²) in [6, 6.07) is 22.5. The van der Waals surface area contributed by atoms with E-state index in [-0.39, 0.29) is 17.5 Å². The van der Waals surface area contributed by atoms with Crippen molar-refractivity contribution in [1.29, 1.82) is 0 Å². The van der Waals surface area contributed by atoms with Gasteiger partial charge in [-0.25, -0.2) is 0 Å². The molecule has 0 fully saturated rings. The number of aliphatic hydroxyl groups is 1. The number of fused-ring (bicyclic) bond motifs is 1. The summed E-state index contributed by atoms with van der Waals surface area (Å²) in [4.78, 5) is 2.23. The predicted molar refractivity (Wildman–Crippen MR) is 99.9 cm³/mol. The Morgan fingerprint density at radius 1 is 0.808 bits per heavy atom. The van der Waals surface area contributed by atoms with Crippen molar-refractivity contribution in [2.24, 2.45) is 0 Å². The van der Waals surface area contributed by atoms with Crippen LogP contribution < -0.4 is 0 Å². The third kappa shape index (κ3) is 3.17. The first-order valence-corrected chi connectivity index (χ1v) is 8.69. The van der Waals surface area contributed by atoms with Crippen LogP contribution in [0.2, 0.25) is 0 Å². The fourth-order valence-corrected chi connectivity index (χ4v) is 3.74. The number of benzene rings is 3. The van der Waals surface area contributed by atoms with Crippen molar-refractivity contribution in [2.45, 2.75) is 18.7 Å². The molecule has 1 heterocycles.